The average molecular weight is 637 g/mol. The first-order chi connectivity index (χ1) is 17.6. The maximum atomic E-state index is 12.0. The largest absolute Gasteiger partial charge is 0.659 e. The fourth-order valence-electron chi connectivity index (χ4n) is 4.82. The molecule has 205 valence electrons. The van der Waals surface area contributed by atoms with Gasteiger partial charge in [-0.2, -0.15) is 4.98 Å². The number of nitrogens with one attached hydrogen (secondary N) is 1. The predicted molar refractivity (Wildman–Crippen MR) is 150 cm³/mol. The summed E-state index contributed by atoms with van der Waals surface area (Å²) in [5.74, 6) is 0.640. The van der Waals surface area contributed by atoms with Crippen LogP contribution in [0.1, 0.15) is 18.4 Å². The van der Waals surface area contributed by atoms with Gasteiger partial charge in [0.1, 0.15) is 0 Å². The molecule has 2 aromatic rings. The summed E-state index contributed by atoms with van der Waals surface area (Å²) in [5, 5.41) is 12.9. The molecule has 3 aliphatic rings. The Morgan fingerprint density at radius 2 is 1.89 bits per heavy atom. The number of fused-ring (bicyclic) bond motifs is 1. The summed E-state index contributed by atoms with van der Waals surface area (Å²) in [6.07, 6.45) is 4.97. The number of nitrogens with two attached hydrogens (primary N) is 2. The van der Waals surface area contributed by atoms with Gasteiger partial charge in [0.05, 0.1) is 5.69 Å². The summed E-state index contributed by atoms with van der Waals surface area (Å²) in [6, 6.07) is 9.47. The molecule has 2 unspecified atom stereocenters. The van der Waals surface area contributed by atoms with E-state index in [4.69, 9.17) is 16.7 Å². The van der Waals surface area contributed by atoms with E-state index in [9.17, 15) is 9.59 Å². The first-order valence-corrected chi connectivity index (χ1v) is 13.2. The van der Waals surface area contributed by atoms with E-state index in [0.29, 0.717) is 26.2 Å². The number of piperidine rings is 1. The van der Waals surface area contributed by atoms with E-state index in [0.717, 1.165) is 37.7 Å². The van der Waals surface area contributed by atoms with Crippen molar-refractivity contribution in [3.63, 3.8) is 0 Å². The molecule has 0 spiro atoms. The minimum Gasteiger partial charge on any atom is -0.659 e. The Hall–Kier alpha value is -1.03. The molecule has 1 aromatic carbocycles. The van der Waals surface area contributed by atoms with Crippen LogP contribution < -0.4 is 22.6 Å². The predicted octanol–water partition coefficient (Wildman–Crippen LogP) is 0.671. The van der Waals surface area contributed by atoms with Gasteiger partial charge in [0.15, 0.2) is 10.0 Å². The van der Waals surface area contributed by atoms with Crippen LogP contribution >= 0.6 is 25.3 Å². The Kier molecular flexibility index (Phi) is 11.2. The minimum absolute atomic E-state index is 0. The number of hydrogen-bond acceptors (Lipinski definition) is 10. The van der Waals surface area contributed by atoms with Crippen LogP contribution in [0.5, 0.6) is 0 Å². The van der Waals surface area contributed by atoms with E-state index < -0.39 is 9.89 Å². The van der Waals surface area contributed by atoms with Crippen molar-refractivity contribution in [3.05, 3.63) is 57.9 Å². The van der Waals surface area contributed by atoms with Crippen LogP contribution in [0.2, 0.25) is 0 Å². The fourth-order valence-corrected chi connectivity index (χ4v) is 5.11. The number of amides is 1. The number of carbonyl (C=O) groups excluding carboxylic acids is 1. The van der Waals surface area contributed by atoms with Crippen LogP contribution in [-0.4, -0.2) is 86.0 Å². The molecule has 6 N–H and O–H groups in total. The van der Waals surface area contributed by atoms with Crippen molar-refractivity contribution in [3.8, 4) is 5.69 Å². The quantitative estimate of drug-likeness (QED) is 0.154. The number of piperazine rings is 1. The van der Waals surface area contributed by atoms with E-state index >= 15 is 0 Å². The molecule has 38 heavy (non-hydrogen) atoms. The number of thiol groups is 2. The van der Waals surface area contributed by atoms with Crippen molar-refractivity contribution < 1.29 is 42.7 Å². The number of carbonyl (C=O) groups is 1. The molecule has 2 aliphatic heterocycles. The summed E-state index contributed by atoms with van der Waals surface area (Å²) in [7, 11) is 0. The van der Waals surface area contributed by atoms with Crippen LogP contribution in [0, 0.1) is 5.92 Å². The maximum absolute atomic E-state index is 12.0. The molecular weight excluding hydrogens is 601 g/mol. The van der Waals surface area contributed by atoms with E-state index in [1.807, 2.05) is 29.7 Å². The number of benzene rings is 1. The standard InChI is InChI=1S/C18H23N5O2.C6H12N3OS2.Y/c19-18-11-14(18)6-9-22(12-18)8-5-13-1-3-15(4-2-13)23-10-7-16(21-25)20-17(23)24;7-6(11,12)5(10)9-3-1-8-2-4-9;/h1-4,7,10,14,25H,5-6,8-9,11-12,19H2,(H,20,21,24);11-12H,1-4,7H2;/q;-1;. The van der Waals surface area contributed by atoms with Gasteiger partial charge in [-0.1, -0.05) is 12.1 Å². The smallest absolute Gasteiger partial charge is 0.354 e. The second-order valence-electron chi connectivity index (χ2n) is 9.88. The third-order valence-electron chi connectivity index (χ3n) is 7.10. The first-order valence-electron chi connectivity index (χ1n) is 12.4. The molecule has 1 saturated carbocycles. The summed E-state index contributed by atoms with van der Waals surface area (Å²) < 4.78 is 0.0952. The average Bonchev–Trinajstić information content (AvgIpc) is 3.58. The Labute approximate surface area is 258 Å². The summed E-state index contributed by atoms with van der Waals surface area (Å²) >= 11 is 7.76. The van der Waals surface area contributed by atoms with Crippen molar-refractivity contribution in [2.45, 2.75) is 29.0 Å². The zero-order valence-electron chi connectivity index (χ0n) is 21.2. The Bertz CT molecular complexity index is 1140. The van der Waals surface area contributed by atoms with E-state index in [-0.39, 0.29) is 50.0 Å². The normalized spacial score (nSPS) is 22.9. The molecular formula is C24H35N8O3S2Y-. The van der Waals surface area contributed by atoms with Gasteiger partial charge in [-0.25, -0.2) is 4.79 Å². The van der Waals surface area contributed by atoms with E-state index in [1.54, 1.807) is 17.2 Å². The van der Waals surface area contributed by atoms with Crippen LogP contribution in [-0.2, 0) is 43.9 Å². The molecule has 5 rings (SSSR count). The summed E-state index contributed by atoms with van der Waals surface area (Å²) in [4.78, 5) is 31.2. The number of anilines is 1. The molecule has 2 atom stereocenters. The van der Waals surface area contributed by atoms with Crippen molar-refractivity contribution in [1.82, 2.24) is 19.4 Å². The minimum atomic E-state index is -1.35. The van der Waals surface area contributed by atoms with Crippen LogP contribution in [0.15, 0.2) is 41.3 Å². The summed E-state index contributed by atoms with van der Waals surface area (Å²) in [6.45, 7) is 5.80. The molecule has 1 aliphatic carbocycles. The molecule has 0 bridgehead atoms. The van der Waals surface area contributed by atoms with E-state index in [1.165, 1.54) is 23.0 Å². The van der Waals surface area contributed by atoms with Crippen LogP contribution in [0.4, 0.5) is 5.82 Å². The van der Waals surface area contributed by atoms with Crippen molar-refractivity contribution in [2.24, 2.45) is 17.4 Å². The van der Waals surface area contributed by atoms with Gasteiger partial charge in [-0.3, -0.25) is 20.0 Å². The molecule has 1 radical (unpaired) electrons. The van der Waals surface area contributed by atoms with E-state index in [2.05, 4.69) is 40.5 Å². The first kappa shape index (κ1) is 31.5. The van der Waals surface area contributed by atoms with Crippen molar-refractivity contribution in [1.29, 1.82) is 0 Å². The Morgan fingerprint density at radius 3 is 2.47 bits per heavy atom. The molecule has 14 heteroatoms. The third-order valence-corrected chi connectivity index (χ3v) is 7.48. The van der Waals surface area contributed by atoms with Gasteiger partial charge < -0.3 is 26.6 Å². The number of rotatable bonds is 6. The molecule has 11 nitrogen and oxygen atoms in total. The second-order valence-corrected chi connectivity index (χ2v) is 11.6. The molecule has 2 saturated heterocycles. The molecule has 3 fully saturated rings. The third kappa shape index (κ3) is 8.24. The molecule has 3 heterocycles. The second kappa shape index (κ2) is 13.6. The zero-order valence-corrected chi connectivity index (χ0v) is 25.9. The van der Waals surface area contributed by atoms with Gasteiger partial charge in [-0.15, -0.1) is 38.3 Å². The van der Waals surface area contributed by atoms with Gasteiger partial charge in [0.25, 0.3) is 5.91 Å². The van der Waals surface area contributed by atoms with Gasteiger partial charge in [-0.05, 0) is 55.5 Å². The summed E-state index contributed by atoms with van der Waals surface area (Å²) in [5.41, 5.74) is 15.3. The Balaban J connectivity index is 0.000000262. The van der Waals surface area contributed by atoms with Gasteiger partial charge in [0, 0.05) is 70.6 Å². The number of hydrogen-bond donors (Lipinski definition) is 6. The maximum Gasteiger partial charge on any atom is 0.354 e. The van der Waals surface area contributed by atoms with Crippen LogP contribution in [0.25, 0.3) is 11.0 Å². The zero-order chi connectivity index (χ0) is 26.6. The van der Waals surface area contributed by atoms with Crippen molar-refractivity contribution >= 4 is 37.0 Å². The van der Waals surface area contributed by atoms with Crippen molar-refractivity contribution in [2.75, 3.05) is 51.3 Å². The Morgan fingerprint density at radius 1 is 1.21 bits per heavy atom. The molecule has 1 amide bonds. The number of likely N-dealkylation sites (tertiary alicyclic amines) is 1. The topological polar surface area (TPSA) is 157 Å². The monoisotopic (exact) mass is 636 g/mol. The number of nitrogens with zero attached hydrogens (tertiary/aromatic N) is 5. The SMILES string of the molecule is NC(S)(S)C(=O)N1CC[N-]CC1.NC12CC1CCN(CCc1ccc(-n3ccc(NO)nc3=O)cc1)C2.[Y]. The fraction of sp³-hybridized carbons (Fsp3) is 0.542. The van der Waals surface area contributed by atoms with Gasteiger partial charge >= 0.3 is 5.69 Å². The van der Waals surface area contributed by atoms with Crippen LogP contribution in [0.3, 0.4) is 0 Å². The number of aromatic nitrogens is 2. The molecule has 1 aromatic heterocycles. The van der Waals surface area contributed by atoms with Gasteiger partial charge in [0.2, 0.25) is 0 Å².